The molecular weight excluding hydrogens is 212 g/mol. The topological polar surface area (TPSA) is 38.5 Å². The van der Waals surface area contributed by atoms with Gasteiger partial charge < -0.3 is 15.4 Å². The Morgan fingerprint density at radius 1 is 1.18 bits per heavy atom. The van der Waals surface area contributed by atoms with E-state index < -0.39 is 0 Å². The zero-order valence-electron chi connectivity index (χ0n) is 10.4. The third-order valence-corrected chi connectivity index (χ3v) is 3.19. The molecule has 0 amide bonds. The van der Waals surface area contributed by atoms with Gasteiger partial charge >= 0.3 is 0 Å². The van der Waals surface area contributed by atoms with Gasteiger partial charge in [0.15, 0.2) is 0 Å². The van der Waals surface area contributed by atoms with Gasteiger partial charge in [-0.25, -0.2) is 0 Å². The van der Waals surface area contributed by atoms with Gasteiger partial charge in [-0.1, -0.05) is 6.07 Å². The summed E-state index contributed by atoms with van der Waals surface area (Å²) in [5, 5.41) is 0. The SMILES string of the molecule is Nc1cccc(OCCCCN2CCCC2)c1. The van der Waals surface area contributed by atoms with Crippen molar-refractivity contribution in [2.75, 3.05) is 32.0 Å². The van der Waals surface area contributed by atoms with Crippen LogP contribution in [0.4, 0.5) is 5.69 Å². The number of hydrogen-bond donors (Lipinski definition) is 1. The maximum Gasteiger partial charge on any atom is 0.121 e. The van der Waals surface area contributed by atoms with Crippen molar-refractivity contribution in [1.82, 2.24) is 4.90 Å². The number of nitrogen functional groups attached to an aromatic ring is 1. The maximum atomic E-state index is 5.69. The average Bonchev–Trinajstić information content (AvgIpc) is 2.82. The maximum absolute atomic E-state index is 5.69. The van der Waals surface area contributed by atoms with E-state index in [2.05, 4.69) is 4.90 Å². The fourth-order valence-corrected chi connectivity index (χ4v) is 2.24. The predicted octanol–water partition coefficient (Wildman–Crippen LogP) is 2.52. The lowest BCUT2D eigenvalue weighted by Crippen LogP contribution is -2.20. The summed E-state index contributed by atoms with van der Waals surface area (Å²) < 4.78 is 5.65. The van der Waals surface area contributed by atoms with Crippen LogP contribution >= 0.6 is 0 Å². The Morgan fingerprint density at radius 3 is 2.76 bits per heavy atom. The van der Waals surface area contributed by atoms with Gasteiger partial charge in [0.1, 0.15) is 5.75 Å². The highest BCUT2D eigenvalue weighted by molar-refractivity contribution is 5.43. The fourth-order valence-electron chi connectivity index (χ4n) is 2.24. The smallest absolute Gasteiger partial charge is 0.121 e. The molecule has 0 radical (unpaired) electrons. The van der Waals surface area contributed by atoms with E-state index in [4.69, 9.17) is 10.5 Å². The molecule has 0 bridgehead atoms. The van der Waals surface area contributed by atoms with Crippen LogP contribution in [0.2, 0.25) is 0 Å². The fraction of sp³-hybridized carbons (Fsp3) is 0.571. The van der Waals surface area contributed by atoms with Crippen molar-refractivity contribution in [3.8, 4) is 5.75 Å². The zero-order chi connectivity index (χ0) is 11.9. The highest BCUT2D eigenvalue weighted by Crippen LogP contribution is 2.15. The van der Waals surface area contributed by atoms with Crippen molar-refractivity contribution in [3.05, 3.63) is 24.3 Å². The number of hydrogen-bond acceptors (Lipinski definition) is 3. The minimum Gasteiger partial charge on any atom is -0.494 e. The lowest BCUT2D eigenvalue weighted by molar-refractivity contribution is 0.280. The first kappa shape index (κ1) is 12.2. The Labute approximate surface area is 104 Å². The molecule has 0 aliphatic carbocycles. The van der Waals surface area contributed by atoms with E-state index in [0.29, 0.717) is 0 Å². The summed E-state index contributed by atoms with van der Waals surface area (Å²) in [5.41, 5.74) is 6.45. The van der Waals surface area contributed by atoms with E-state index in [1.807, 2.05) is 24.3 Å². The van der Waals surface area contributed by atoms with Crippen LogP contribution in [0.25, 0.3) is 0 Å². The van der Waals surface area contributed by atoms with Crippen molar-refractivity contribution in [2.45, 2.75) is 25.7 Å². The summed E-state index contributed by atoms with van der Waals surface area (Å²) in [6.45, 7) is 4.59. The van der Waals surface area contributed by atoms with Gasteiger partial charge in [0.25, 0.3) is 0 Å². The summed E-state index contributed by atoms with van der Waals surface area (Å²) in [7, 11) is 0. The molecule has 3 heteroatoms. The standard InChI is InChI=1S/C14H22N2O/c15-13-6-5-7-14(12-13)17-11-4-3-10-16-8-1-2-9-16/h5-7,12H,1-4,8-11,15H2. The number of likely N-dealkylation sites (tertiary alicyclic amines) is 1. The van der Waals surface area contributed by atoms with E-state index in [0.717, 1.165) is 24.5 Å². The van der Waals surface area contributed by atoms with Crippen LogP contribution in [-0.4, -0.2) is 31.1 Å². The number of unbranched alkanes of at least 4 members (excludes halogenated alkanes) is 1. The number of ether oxygens (including phenoxy) is 1. The van der Waals surface area contributed by atoms with E-state index in [-0.39, 0.29) is 0 Å². The van der Waals surface area contributed by atoms with E-state index in [1.165, 1.54) is 38.9 Å². The van der Waals surface area contributed by atoms with Gasteiger partial charge in [0.05, 0.1) is 6.61 Å². The molecular formula is C14H22N2O. The third kappa shape index (κ3) is 4.27. The summed E-state index contributed by atoms with van der Waals surface area (Å²) >= 11 is 0. The van der Waals surface area contributed by atoms with Gasteiger partial charge in [0, 0.05) is 11.8 Å². The van der Waals surface area contributed by atoms with Crippen LogP contribution in [0.3, 0.4) is 0 Å². The average molecular weight is 234 g/mol. The molecule has 94 valence electrons. The van der Waals surface area contributed by atoms with Crippen molar-refractivity contribution < 1.29 is 4.74 Å². The molecule has 0 spiro atoms. The molecule has 0 saturated carbocycles. The molecule has 1 aromatic rings. The lowest BCUT2D eigenvalue weighted by Gasteiger charge is -2.14. The van der Waals surface area contributed by atoms with Crippen LogP contribution in [0.5, 0.6) is 5.75 Å². The summed E-state index contributed by atoms with van der Waals surface area (Å²) in [6.07, 6.45) is 5.09. The first-order valence-electron chi connectivity index (χ1n) is 6.55. The van der Waals surface area contributed by atoms with Crippen molar-refractivity contribution in [3.63, 3.8) is 0 Å². The van der Waals surface area contributed by atoms with Crippen LogP contribution in [0.1, 0.15) is 25.7 Å². The molecule has 2 rings (SSSR count). The molecule has 1 aromatic carbocycles. The van der Waals surface area contributed by atoms with E-state index in [9.17, 15) is 0 Å². The lowest BCUT2D eigenvalue weighted by atomic mass is 10.3. The van der Waals surface area contributed by atoms with Gasteiger partial charge in [-0.15, -0.1) is 0 Å². The number of benzene rings is 1. The molecule has 1 heterocycles. The van der Waals surface area contributed by atoms with Crippen molar-refractivity contribution in [2.24, 2.45) is 0 Å². The van der Waals surface area contributed by atoms with Crippen LogP contribution in [0, 0.1) is 0 Å². The highest BCUT2D eigenvalue weighted by Gasteiger charge is 2.09. The highest BCUT2D eigenvalue weighted by atomic mass is 16.5. The van der Waals surface area contributed by atoms with Gasteiger partial charge in [0.2, 0.25) is 0 Å². The molecule has 1 saturated heterocycles. The normalized spacial score (nSPS) is 16.2. The quantitative estimate of drug-likeness (QED) is 0.607. The number of nitrogens with zero attached hydrogens (tertiary/aromatic N) is 1. The molecule has 0 aromatic heterocycles. The van der Waals surface area contributed by atoms with Crippen molar-refractivity contribution in [1.29, 1.82) is 0 Å². The Balaban J connectivity index is 1.56. The number of rotatable bonds is 6. The van der Waals surface area contributed by atoms with Crippen LogP contribution < -0.4 is 10.5 Å². The number of nitrogens with two attached hydrogens (primary N) is 1. The van der Waals surface area contributed by atoms with Crippen LogP contribution in [0.15, 0.2) is 24.3 Å². The van der Waals surface area contributed by atoms with E-state index in [1.54, 1.807) is 0 Å². The first-order chi connectivity index (χ1) is 8.34. The minimum atomic E-state index is 0.763. The molecule has 17 heavy (non-hydrogen) atoms. The van der Waals surface area contributed by atoms with E-state index >= 15 is 0 Å². The second kappa shape index (κ2) is 6.50. The molecule has 1 aliphatic heterocycles. The zero-order valence-corrected chi connectivity index (χ0v) is 10.4. The summed E-state index contributed by atoms with van der Waals surface area (Å²) in [4.78, 5) is 2.54. The van der Waals surface area contributed by atoms with Gasteiger partial charge in [-0.2, -0.15) is 0 Å². The third-order valence-electron chi connectivity index (χ3n) is 3.19. The molecule has 0 atom stereocenters. The Morgan fingerprint density at radius 2 is 2.00 bits per heavy atom. The second-order valence-corrected chi connectivity index (χ2v) is 4.68. The Bertz CT molecular complexity index is 335. The molecule has 1 aliphatic rings. The van der Waals surface area contributed by atoms with Crippen LogP contribution in [-0.2, 0) is 0 Å². The largest absolute Gasteiger partial charge is 0.494 e. The van der Waals surface area contributed by atoms with Gasteiger partial charge in [-0.3, -0.25) is 0 Å². The molecule has 1 fully saturated rings. The monoisotopic (exact) mass is 234 g/mol. The second-order valence-electron chi connectivity index (χ2n) is 4.68. The predicted molar refractivity (Wildman–Crippen MR) is 71.3 cm³/mol. The van der Waals surface area contributed by atoms with Crippen molar-refractivity contribution >= 4 is 5.69 Å². The minimum absolute atomic E-state index is 0.763. The number of anilines is 1. The summed E-state index contributed by atoms with van der Waals surface area (Å²) in [5.74, 6) is 0.881. The molecule has 3 nitrogen and oxygen atoms in total. The Kier molecular flexibility index (Phi) is 4.68. The summed E-state index contributed by atoms with van der Waals surface area (Å²) in [6, 6.07) is 7.63. The first-order valence-corrected chi connectivity index (χ1v) is 6.55. The Hall–Kier alpha value is -1.22. The molecule has 0 unspecified atom stereocenters. The van der Waals surface area contributed by atoms with Gasteiger partial charge in [-0.05, 0) is 57.5 Å². The molecule has 2 N–H and O–H groups in total.